The zero-order chi connectivity index (χ0) is 39.9. The van der Waals surface area contributed by atoms with E-state index in [0.717, 1.165) is 46.2 Å². The average Bonchev–Trinajstić information content (AvgIpc) is 3.81. The minimum atomic E-state index is 0.131. The van der Waals surface area contributed by atoms with Crippen molar-refractivity contribution in [3.8, 4) is 27.9 Å². The first-order valence-electron chi connectivity index (χ1n) is 21.2. The standard InChI is InChI=1S/C56H48N2O/c1-55(2)31-32-56(3,4)50-35-41(26-29-49(50)55)58-51-21-13-11-19-44(51)48-33-38(23-30-52(48)58)43-27-24-40(34-47(43)37-15-7-5-8-16-37)57(39-17-9-6-10-18-39)42-25-28-46-45-20-12-14-22-53(45)59-54(46)36-42/h5,7-9,11-30,33-36H,6,10,31-32H2,1-4H3. The zero-order valence-corrected chi connectivity index (χ0v) is 34.3. The van der Waals surface area contributed by atoms with Gasteiger partial charge in [0.25, 0.3) is 0 Å². The van der Waals surface area contributed by atoms with Gasteiger partial charge in [-0.15, -0.1) is 0 Å². The van der Waals surface area contributed by atoms with Gasteiger partial charge in [-0.1, -0.05) is 125 Å². The predicted molar refractivity (Wildman–Crippen MR) is 249 cm³/mol. The number of rotatable bonds is 6. The molecule has 2 aliphatic rings. The van der Waals surface area contributed by atoms with Crippen LogP contribution in [0, 0.1) is 0 Å². The number of furan rings is 1. The summed E-state index contributed by atoms with van der Waals surface area (Å²) in [7, 11) is 0. The second-order valence-corrected chi connectivity index (χ2v) is 17.9. The van der Waals surface area contributed by atoms with Crippen LogP contribution in [-0.2, 0) is 10.8 Å². The Kier molecular flexibility index (Phi) is 8.14. The molecule has 59 heavy (non-hydrogen) atoms. The van der Waals surface area contributed by atoms with Crippen LogP contribution >= 0.6 is 0 Å². The lowest BCUT2D eigenvalue weighted by atomic mass is 9.63. The summed E-state index contributed by atoms with van der Waals surface area (Å²) in [5.41, 5.74) is 16.9. The number of hydrogen-bond donors (Lipinski definition) is 0. The van der Waals surface area contributed by atoms with Crippen LogP contribution in [0.2, 0.25) is 0 Å². The molecule has 2 aromatic heterocycles. The Hall–Kier alpha value is -6.58. The van der Waals surface area contributed by atoms with Crippen LogP contribution in [-0.4, -0.2) is 4.57 Å². The highest BCUT2D eigenvalue weighted by atomic mass is 16.3. The molecule has 3 heteroatoms. The average molecular weight is 765 g/mol. The summed E-state index contributed by atoms with van der Waals surface area (Å²) in [4.78, 5) is 2.39. The van der Waals surface area contributed by atoms with Crippen molar-refractivity contribution in [2.24, 2.45) is 0 Å². The number of nitrogens with zero attached hydrogens (tertiary/aromatic N) is 2. The number of aromatic nitrogens is 1. The van der Waals surface area contributed by atoms with Gasteiger partial charge in [-0.3, -0.25) is 0 Å². The molecular weight excluding hydrogens is 717 g/mol. The first-order chi connectivity index (χ1) is 28.7. The van der Waals surface area contributed by atoms with Crippen molar-refractivity contribution in [2.45, 2.75) is 64.2 Å². The molecule has 9 aromatic rings. The van der Waals surface area contributed by atoms with Gasteiger partial charge in [0, 0.05) is 50.4 Å². The molecule has 0 spiro atoms. The second-order valence-electron chi connectivity index (χ2n) is 17.9. The topological polar surface area (TPSA) is 21.3 Å². The van der Waals surface area contributed by atoms with E-state index in [0.29, 0.717) is 0 Å². The summed E-state index contributed by atoms with van der Waals surface area (Å²) in [5.74, 6) is 0. The van der Waals surface area contributed by atoms with Crippen molar-refractivity contribution in [3.05, 3.63) is 187 Å². The molecule has 0 amide bonds. The van der Waals surface area contributed by atoms with Crippen LogP contribution in [0.3, 0.4) is 0 Å². The van der Waals surface area contributed by atoms with Crippen molar-refractivity contribution < 1.29 is 4.42 Å². The highest BCUT2D eigenvalue weighted by Gasteiger charge is 2.37. The maximum Gasteiger partial charge on any atom is 0.137 e. The molecule has 0 N–H and O–H groups in total. The third-order valence-electron chi connectivity index (χ3n) is 13.3. The summed E-state index contributed by atoms with van der Waals surface area (Å²) >= 11 is 0. The van der Waals surface area contributed by atoms with Crippen molar-refractivity contribution in [1.29, 1.82) is 0 Å². The van der Waals surface area contributed by atoms with Gasteiger partial charge >= 0.3 is 0 Å². The Morgan fingerprint density at radius 2 is 1.22 bits per heavy atom. The molecule has 0 bridgehead atoms. The third-order valence-corrected chi connectivity index (χ3v) is 13.3. The SMILES string of the molecule is CC1(C)CCC(C)(C)c2cc(-n3c4ccccc4c4cc(-c5ccc(N(C6=CCCC=C6)c6ccc7c(c6)oc6ccccc67)cc5-c5ccccc5)ccc43)ccc21. The van der Waals surface area contributed by atoms with Crippen LogP contribution in [0.4, 0.5) is 11.4 Å². The summed E-state index contributed by atoms with van der Waals surface area (Å²) in [6.45, 7) is 9.64. The number of fused-ring (bicyclic) bond motifs is 7. The van der Waals surface area contributed by atoms with E-state index in [4.69, 9.17) is 4.42 Å². The predicted octanol–water partition coefficient (Wildman–Crippen LogP) is 15.7. The molecule has 0 radical (unpaired) electrons. The van der Waals surface area contributed by atoms with Crippen molar-refractivity contribution in [3.63, 3.8) is 0 Å². The molecule has 0 atom stereocenters. The summed E-state index contributed by atoms with van der Waals surface area (Å²) in [5, 5.41) is 4.80. The fraction of sp³-hybridized carbons (Fsp3) is 0.179. The fourth-order valence-corrected chi connectivity index (χ4v) is 9.98. The number of anilines is 2. The van der Waals surface area contributed by atoms with E-state index in [9.17, 15) is 0 Å². The quantitative estimate of drug-likeness (QED) is 0.168. The molecule has 2 heterocycles. The Labute approximate surface area is 346 Å². The van der Waals surface area contributed by atoms with Crippen LogP contribution in [0.5, 0.6) is 0 Å². The number of allylic oxidation sites excluding steroid dienone is 3. The lowest BCUT2D eigenvalue weighted by Gasteiger charge is -2.42. The van der Waals surface area contributed by atoms with Crippen LogP contribution in [0.15, 0.2) is 180 Å². The maximum atomic E-state index is 6.41. The molecule has 0 aliphatic heterocycles. The number of hydrogen-bond acceptors (Lipinski definition) is 2. The first-order valence-corrected chi connectivity index (χ1v) is 21.2. The Morgan fingerprint density at radius 3 is 2.05 bits per heavy atom. The largest absolute Gasteiger partial charge is 0.456 e. The van der Waals surface area contributed by atoms with E-state index in [1.165, 1.54) is 79.4 Å². The normalized spacial score (nSPS) is 15.8. The van der Waals surface area contributed by atoms with Gasteiger partial charge in [0.05, 0.1) is 11.0 Å². The molecule has 0 unspecified atom stereocenters. The van der Waals surface area contributed by atoms with E-state index in [2.05, 4.69) is 195 Å². The molecule has 3 nitrogen and oxygen atoms in total. The Balaban J connectivity index is 1.07. The van der Waals surface area contributed by atoms with Crippen LogP contribution in [0.25, 0.3) is 71.7 Å². The molecule has 2 aliphatic carbocycles. The molecule has 288 valence electrons. The summed E-state index contributed by atoms with van der Waals surface area (Å²) in [6.07, 6.45) is 11.4. The first kappa shape index (κ1) is 35.6. The van der Waals surface area contributed by atoms with Crippen molar-refractivity contribution in [1.82, 2.24) is 4.57 Å². The smallest absolute Gasteiger partial charge is 0.137 e. The summed E-state index contributed by atoms with van der Waals surface area (Å²) in [6, 6.07) is 56.0. The fourth-order valence-electron chi connectivity index (χ4n) is 9.98. The molecule has 0 saturated heterocycles. The Bertz CT molecular complexity index is 3170. The molecule has 0 saturated carbocycles. The van der Waals surface area contributed by atoms with Crippen LogP contribution in [0.1, 0.15) is 64.5 Å². The monoisotopic (exact) mass is 764 g/mol. The van der Waals surface area contributed by atoms with Gasteiger partial charge < -0.3 is 13.9 Å². The van der Waals surface area contributed by atoms with Gasteiger partial charge in [0.15, 0.2) is 0 Å². The van der Waals surface area contributed by atoms with E-state index < -0.39 is 0 Å². The lowest BCUT2D eigenvalue weighted by Crippen LogP contribution is -2.33. The van der Waals surface area contributed by atoms with Gasteiger partial charge in [-0.05, 0) is 137 Å². The zero-order valence-electron chi connectivity index (χ0n) is 34.3. The molecule has 0 fully saturated rings. The highest BCUT2D eigenvalue weighted by Crippen LogP contribution is 2.48. The van der Waals surface area contributed by atoms with Crippen molar-refractivity contribution in [2.75, 3.05) is 4.90 Å². The highest BCUT2D eigenvalue weighted by molar-refractivity contribution is 6.11. The van der Waals surface area contributed by atoms with Crippen LogP contribution < -0.4 is 4.90 Å². The van der Waals surface area contributed by atoms with E-state index in [-0.39, 0.29) is 10.8 Å². The van der Waals surface area contributed by atoms with Gasteiger partial charge in [-0.25, -0.2) is 0 Å². The van der Waals surface area contributed by atoms with Gasteiger partial charge in [-0.2, -0.15) is 0 Å². The van der Waals surface area contributed by atoms with E-state index in [1.807, 2.05) is 12.1 Å². The van der Waals surface area contributed by atoms with Gasteiger partial charge in [0.1, 0.15) is 11.2 Å². The third kappa shape index (κ3) is 5.86. The molecule has 7 aromatic carbocycles. The summed E-state index contributed by atoms with van der Waals surface area (Å²) < 4.78 is 8.89. The maximum absolute atomic E-state index is 6.41. The van der Waals surface area contributed by atoms with E-state index in [1.54, 1.807) is 0 Å². The lowest BCUT2D eigenvalue weighted by molar-refractivity contribution is 0.332. The minimum absolute atomic E-state index is 0.131. The molecule has 11 rings (SSSR count). The second kappa shape index (κ2) is 13.5. The van der Waals surface area contributed by atoms with E-state index >= 15 is 0 Å². The number of para-hydroxylation sites is 2. The Morgan fingerprint density at radius 1 is 0.508 bits per heavy atom. The molecular formula is C56H48N2O. The van der Waals surface area contributed by atoms with Crippen molar-refractivity contribution >= 4 is 55.1 Å². The number of benzene rings is 7. The van der Waals surface area contributed by atoms with Gasteiger partial charge in [0.2, 0.25) is 0 Å². The minimum Gasteiger partial charge on any atom is -0.456 e.